The molecule has 1 aliphatic heterocycles. The van der Waals surface area contributed by atoms with E-state index in [4.69, 9.17) is 9.31 Å². The second kappa shape index (κ2) is 5.67. The second-order valence-electron chi connectivity index (χ2n) is 8.49. The maximum absolute atomic E-state index is 6.25. The Bertz CT molecular complexity index is 906. The third-order valence-electron chi connectivity index (χ3n) is 6.37. The number of hydrogen-bond donors (Lipinski definition) is 0. The predicted molar refractivity (Wildman–Crippen MR) is 115 cm³/mol. The zero-order chi connectivity index (χ0) is 18.9. The van der Waals surface area contributed by atoms with E-state index in [1.807, 2.05) is 5.97 Å². The second-order valence-corrected chi connectivity index (χ2v) is 9.41. The van der Waals surface area contributed by atoms with E-state index in [0.717, 1.165) is 9.94 Å². The quantitative estimate of drug-likeness (QED) is 0.705. The molecule has 5 heteroatoms. The van der Waals surface area contributed by atoms with Gasteiger partial charge < -0.3 is 0 Å². The SMILES string of the molecule is B=CC1(C)c2cc(Br)ccc2-c2ccc(B3OC(C)(C)C(C)(C)O3)cc21. The van der Waals surface area contributed by atoms with Gasteiger partial charge in [0.1, 0.15) is 0 Å². The van der Waals surface area contributed by atoms with Crippen LogP contribution < -0.4 is 5.46 Å². The maximum atomic E-state index is 6.25. The fourth-order valence-electron chi connectivity index (χ4n) is 3.90. The van der Waals surface area contributed by atoms with Crippen molar-refractivity contribution in [1.82, 2.24) is 0 Å². The van der Waals surface area contributed by atoms with Crippen molar-refractivity contribution in [2.75, 3.05) is 0 Å². The molecule has 2 nitrogen and oxygen atoms in total. The Morgan fingerprint density at radius 3 is 2.00 bits per heavy atom. The van der Waals surface area contributed by atoms with E-state index in [0.29, 0.717) is 0 Å². The van der Waals surface area contributed by atoms with Gasteiger partial charge in [0, 0.05) is 0 Å². The van der Waals surface area contributed by atoms with Crippen LogP contribution in [0.5, 0.6) is 0 Å². The van der Waals surface area contributed by atoms with Gasteiger partial charge in [0.15, 0.2) is 0 Å². The summed E-state index contributed by atoms with van der Waals surface area (Å²) in [5, 5.41) is 0. The molecule has 1 fully saturated rings. The molecular formula is C21H23B2BrO2. The van der Waals surface area contributed by atoms with E-state index in [1.165, 1.54) is 22.3 Å². The first-order chi connectivity index (χ1) is 12.1. The number of fused-ring (bicyclic) bond motifs is 3. The van der Waals surface area contributed by atoms with Crippen LogP contribution in [-0.4, -0.2) is 31.8 Å². The molecular weight excluding hydrogens is 386 g/mol. The monoisotopic (exact) mass is 408 g/mol. The summed E-state index contributed by atoms with van der Waals surface area (Å²) in [4.78, 5) is 0. The number of hydrogen-bond acceptors (Lipinski definition) is 2. The molecule has 1 saturated heterocycles. The molecule has 0 bridgehead atoms. The molecule has 2 aliphatic rings. The first-order valence-electron chi connectivity index (χ1n) is 9.03. The summed E-state index contributed by atoms with van der Waals surface area (Å²) in [5.41, 5.74) is 5.21. The van der Waals surface area contributed by atoms with E-state index in [-0.39, 0.29) is 23.7 Å². The first-order valence-corrected chi connectivity index (χ1v) is 9.82. The predicted octanol–water partition coefficient (Wildman–Crippen LogP) is 3.74. The summed E-state index contributed by atoms with van der Waals surface area (Å²) in [7, 11) is 3.79. The van der Waals surface area contributed by atoms with Crippen molar-refractivity contribution in [3.8, 4) is 11.1 Å². The van der Waals surface area contributed by atoms with Crippen LogP contribution >= 0.6 is 15.9 Å². The van der Waals surface area contributed by atoms with E-state index < -0.39 is 0 Å². The molecule has 26 heavy (non-hydrogen) atoms. The van der Waals surface area contributed by atoms with Crippen molar-refractivity contribution < 1.29 is 9.31 Å². The summed E-state index contributed by atoms with van der Waals surface area (Å²) >= 11 is 3.61. The van der Waals surface area contributed by atoms with Crippen LogP contribution in [0.3, 0.4) is 0 Å². The average molecular weight is 409 g/mol. The number of halogens is 1. The van der Waals surface area contributed by atoms with Gasteiger partial charge in [-0.25, -0.2) is 0 Å². The molecule has 132 valence electrons. The molecule has 1 unspecified atom stereocenters. The normalized spacial score (nSPS) is 25.0. The fraction of sp³-hybridized carbons (Fsp3) is 0.381. The van der Waals surface area contributed by atoms with Crippen molar-refractivity contribution >= 4 is 42.0 Å². The van der Waals surface area contributed by atoms with Gasteiger partial charge in [0.2, 0.25) is 0 Å². The van der Waals surface area contributed by atoms with Crippen LogP contribution in [-0.2, 0) is 14.7 Å². The van der Waals surface area contributed by atoms with E-state index in [1.54, 1.807) is 0 Å². The molecule has 0 saturated carbocycles. The molecule has 0 radical (unpaired) electrons. The van der Waals surface area contributed by atoms with E-state index in [2.05, 4.69) is 94.4 Å². The molecule has 4 rings (SSSR count). The van der Waals surface area contributed by atoms with Gasteiger partial charge in [0.05, 0.1) is 0 Å². The van der Waals surface area contributed by atoms with Crippen LogP contribution in [0, 0.1) is 0 Å². The molecule has 1 aliphatic carbocycles. The fourth-order valence-corrected chi connectivity index (χ4v) is 4.26. The van der Waals surface area contributed by atoms with Crippen molar-refractivity contribution in [3.63, 3.8) is 0 Å². The minimum atomic E-state index is -0.352. The zero-order valence-corrected chi connectivity index (χ0v) is 17.6. The van der Waals surface area contributed by atoms with E-state index >= 15 is 0 Å². The Balaban J connectivity index is 1.82. The molecule has 0 spiro atoms. The third-order valence-corrected chi connectivity index (χ3v) is 6.86. The van der Waals surface area contributed by atoms with Crippen molar-refractivity contribution in [1.29, 1.82) is 0 Å². The zero-order valence-electron chi connectivity index (χ0n) is 16.0. The average Bonchev–Trinajstić information content (AvgIpc) is 2.95. The van der Waals surface area contributed by atoms with Gasteiger partial charge >= 0.3 is 166 Å². The Labute approximate surface area is 165 Å². The van der Waals surface area contributed by atoms with E-state index in [9.17, 15) is 0 Å². The minimum absolute atomic E-state index is 0.228. The van der Waals surface area contributed by atoms with Crippen LogP contribution in [0.4, 0.5) is 0 Å². The van der Waals surface area contributed by atoms with Gasteiger partial charge in [0.25, 0.3) is 0 Å². The van der Waals surface area contributed by atoms with Crippen LogP contribution in [0.2, 0.25) is 0 Å². The van der Waals surface area contributed by atoms with Gasteiger partial charge in [-0.05, 0) is 0 Å². The summed E-state index contributed by atoms with van der Waals surface area (Å²) in [6, 6.07) is 13.0. The molecule has 1 heterocycles. The molecule has 2 aromatic rings. The Morgan fingerprint density at radius 1 is 0.885 bits per heavy atom. The summed E-state index contributed by atoms with van der Waals surface area (Å²) in [6.45, 7) is 10.6. The Morgan fingerprint density at radius 2 is 1.42 bits per heavy atom. The number of rotatable bonds is 2. The number of benzene rings is 2. The van der Waals surface area contributed by atoms with Crippen molar-refractivity contribution in [2.24, 2.45) is 0 Å². The topological polar surface area (TPSA) is 18.5 Å². The van der Waals surface area contributed by atoms with Gasteiger partial charge in [-0.1, -0.05) is 0 Å². The van der Waals surface area contributed by atoms with Crippen molar-refractivity contribution in [3.05, 3.63) is 52.0 Å². The van der Waals surface area contributed by atoms with Crippen LogP contribution in [0.1, 0.15) is 45.7 Å². The standard InChI is InChI=1S/C21H23B2BrO2/c1-19(2)20(3,4)26-23(25-19)13-6-8-15-16-9-7-14(24)11-18(16)21(5,12-22)17(15)10-13/h6-12,22H,1-5H3. The molecule has 0 N–H and O–H groups in total. The van der Waals surface area contributed by atoms with Gasteiger partial charge in [-0.15, -0.1) is 0 Å². The Hall–Kier alpha value is -1.16. The summed E-state index contributed by atoms with van der Waals surface area (Å²) < 4.78 is 13.6. The van der Waals surface area contributed by atoms with Crippen LogP contribution in [0.25, 0.3) is 11.1 Å². The summed E-state index contributed by atoms with van der Waals surface area (Å²) in [6.07, 6.45) is 0. The van der Waals surface area contributed by atoms with Crippen LogP contribution in [0.15, 0.2) is 40.9 Å². The van der Waals surface area contributed by atoms with Gasteiger partial charge in [-0.2, -0.15) is 0 Å². The Kier molecular flexibility index (Phi) is 3.97. The summed E-state index contributed by atoms with van der Waals surface area (Å²) in [5.74, 6) is 2.04. The molecule has 1 atom stereocenters. The van der Waals surface area contributed by atoms with Gasteiger partial charge in [-0.3, -0.25) is 0 Å². The molecule has 0 amide bonds. The molecule has 2 aromatic carbocycles. The first kappa shape index (κ1) is 18.2. The van der Waals surface area contributed by atoms with Crippen molar-refractivity contribution in [2.45, 2.75) is 51.2 Å². The third kappa shape index (κ3) is 2.44. The molecule has 0 aromatic heterocycles.